The fourth-order valence-corrected chi connectivity index (χ4v) is 2.77. The third-order valence-electron chi connectivity index (χ3n) is 3.78. The summed E-state index contributed by atoms with van der Waals surface area (Å²) in [6.07, 6.45) is -0.416. The van der Waals surface area contributed by atoms with E-state index in [1.165, 1.54) is 6.92 Å². The van der Waals surface area contributed by atoms with Crippen molar-refractivity contribution in [3.8, 4) is 5.75 Å². The molecule has 0 radical (unpaired) electrons. The van der Waals surface area contributed by atoms with Gasteiger partial charge in [-0.2, -0.15) is 0 Å². The molecule has 1 unspecified atom stereocenters. The highest BCUT2D eigenvalue weighted by Crippen LogP contribution is 2.27. The van der Waals surface area contributed by atoms with Gasteiger partial charge >= 0.3 is 6.09 Å². The SMILES string of the molecule is CC(=O)NC1CN(C(=O)Oc2ccccc2)Cc2ccccc21. The highest BCUT2D eigenvalue weighted by Gasteiger charge is 2.29. The lowest BCUT2D eigenvalue weighted by Gasteiger charge is -2.34. The first-order valence-corrected chi connectivity index (χ1v) is 7.50. The van der Waals surface area contributed by atoms with Crippen LogP contribution in [0.15, 0.2) is 54.6 Å². The second-order valence-electron chi connectivity index (χ2n) is 5.51. The third kappa shape index (κ3) is 3.51. The quantitative estimate of drug-likeness (QED) is 0.928. The van der Waals surface area contributed by atoms with Gasteiger partial charge in [0.2, 0.25) is 5.91 Å². The lowest BCUT2D eigenvalue weighted by molar-refractivity contribution is -0.119. The second-order valence-corrected chi connectivity index (χ2v) is 5.51. The molecule has 118 valence electrons. The van der Waals surface area contributed by atoms with E-state index < -0.39 is 6.09 Å². The number of hydrogen-bond donors (Lipinski definition) is 1. The molecule has 1 N–H and O–H groups in total. The van der Waals surface area contributed by atoms with Crippen molar-refractivity contribution in [2.75, 3.05) is 6.54 Å². The number of amides is 2. The average Bonchev–Trinajstić information content (AvgIpc) is 2.55. The molecule has 2 aromatic rings. The summed E-state index contributed by atoms with van der Waals surface area (Å²) in [7, 11) is 0. The Balaban J connectivity index is 1.79. The van der Waals surface area contributed by atoms with Gasteiger partial charge in [-0.15, -0.1) is 0 Å². The Morgan fingerprint density at radius 2 is 1.78 bits per heavy atom. The summed E-state index contributed by atoms with van der Waals surface area (Å²) in [5, 5.41) is 2.90. The Morgan fingerprint density at radius 3 is 2.52 bits per heavy atom. The molecule has 2 aromatic carbocycles. The number of benzene rings is 2. The van der Waals surface area contributed by atoms with Crippen LogP contribution in [-0.4, -0.2) is 23.4 Å². The second kappa shape index (κ2) is 6.52. The summed E-state index contributed by atoms with van der Waals surface area (Å²) in [4.78, 5) is 25.5. The molecule has 3 rings (SSSR count). The van der Waals surface area contributed by atoms with Crippen LogP contribution in [0.25, 0.3) is 0 Å². The highest BCUT2D eigenvalue weighted by atomic mass is 16.6. The summed E-state index contributed by atoms with van der Waals surface area (Å²) in [6.45, 7) is 2.34. The summed E-state index contributed by atoms with van der Waals surface area (Å²) in [5.41, 5.74) is 2.06. The van der Waals surface area contributed by atoms with Gasteiger partial charge in [-0.05, 0) is 23.3 Å². The molecule has 0 bridgehead atoms. The van der Waals surface area contributed by atoms with E-state index >= 15 is 0 Å². The van der Waals surface area contributed by atoms with E-state index in [2.05, 4.69) is 5.32 Å². The fraction of sp³-hybridized carbons (Fsp3) is 0.222. The first-order valence-electron chi connectivity index (χ1n) is 7.50. The number of nitrogens with one attached hydrogen (secondary N) is 1. The molecule has 1 aliphatic heterocycles. The molecule has 0 saturated carbocycles. The van der Waals surface area contributed by atoms with Crippen molar-refractivity contribution in [1.29, 1.82) is 0 Å². The number of para-hydroxylation sites is 1. The Morgan fingerprint density at radius 1 is 1.09 bits per heavy atom. The minimum Gasteiger partial charge on any atom is -0.410 e. The fourth-order valence-electron chi connectivity index (χ4n) is 2.77. The van der Waals surface area contributed by atoms with Crippen molar-refractivity contribution >= 4 is 12.0 Å². The lowest BCUT2D eigenvalue weighted by atomic mass is 9.95. The highest BCUT2D eigenvalue weighted by molar-refractivity contribution is 5.74. The van der Waals surface area contributed by atoms with Crippen LogP contribution in [0.1, 0.15) is 24.1 Å². The van der Waals surface area contributed by atoms with Crippen molar-refractivity contribution in [3.63, 3.8) is 0 Å². The van der Waals surface area contributed by atoms with Crippen LogP contribution in [-0.2, 0) is 11.3 Å². The van der Waals surface area contributed by atoms with E-state index in [1.54, 1.807) is 17.0 Å². The molecule has 0 fully saturated rings. The van der Waals surface area contributed by atoms with Gasteiger partial charge in [0.25, 0.3) is 0 Å². The van der Waals surface area contributed by atoms with Crippen molar-refractivity contribution in [3.05, 3.63) is 65.7 Å². The van der Waals surface area contributed by atoms with Gasteiger partial charge in [0, 0.05) is 20.0 Å². The standard InChI is InChI=1S/C18H18N2O3/c1-13(21)19-17-12-20(11-14-7-5-6-10-16(14)17)18(22)23-15-8-3-2-4-9-15/h2-10,17H,11-12H2,1H3,(H,19,21). The largest absolute Gasteiger partial charge is 0.415 e. The van der Waals surface area contributed by atoms with E-state index in [9.17, 15) is 9.59 Å². The molecule has 1 aliphatic rings. The molecule has 5 heteroatoms. The lowest BCUT2D eigenvalue weighted by Crippen LogP contribution is -2.44. The van der Waals surface area contributed by atoms with E-state index in [0.717, 1.165) is 11.1 Å². The maximum Gasteiger partial charge on any atom is 0.415 e. The molecular weight excluding hydrogens is 292 g/mol. The predicted molar refractivity (Wildman–Crippen MR) is 85.9 cm³/mol. The summed E-state index contributed by atoms with van der Waals surface area (Å²) in [6, 6.07) is 16.6. The third-order valence-corrected chi connectivity index (χ3v) is 3.78. The van der Waals surface area contributed by atoms with Crippen LogP contribution in [0.2, 0.25) is 0 Å². The molecule has 0 aromatic heterocycles. The molecule has 0 saturated heterocycles. The summed E-state index contributed by atoms with van der Waals surface area (Å²) >= 11 is 0. The zero-order chi connectivity index (χ0) is 16.2. The van der Waals surface area contributed by atoms with Gasteiger partial charge < -0.3 is 15.0 Å². The smallest absolute Gasteiger partial charge is 0.410 e. The van der Waals surface area contributed by atoms with Crippen molar-refractivity contribution < 1.29 is 14.3 Å². The van der Waals surface area contributed by atoms with E-state index in [1.807, 2.05) is 42.5 Å². The van der Waals surface area contributed by atoms with Crippen molar-refractivity contribution in [2.45, 2.75) is 19.5 Å². The van der Waals surface area contributed by atoms with Crippen LogP contribution < -0.4 is 10.1 Å². The van der Waals surface area contributed by atoms with Gasteiger partial charge in [0.1, 0.15) is 5.75 Å². The van der Waals surface area contributed by atoms with Gasteiger partial charge in [-0.3, -0.25) is 4.79 Å². The Labute approximate surface area is 134 Å². The zero-order valence-corrected chi connectivity index (χ0v) is 12.9. The van der Waals surface area contributed by atoms with Crippen LogP contribution in [0.4, 0.5) is 4.79 Å². The van der Waals surface area contributed by atoms with E-state index in [0.29, 0.717) is 18.8 Å². The minimum atomic E-state index is -0.416. The number of carbonyl (C=O) groups excluding carboxylic acids is 2. The Hall–Kier alpha value is -2.82. The van der Waals surface area contributed by atoms with Gasteiger partial charge in [0.05, 0.1) is 6.04 Å². The average molecular weight is 310 g/mol. The number of nitrogens with zero attached hydrogens (tertiary/aromatic N) is 1. The molecule has 0 spiro atoms. The van der Waals surface area contributed by atoms with E-state index in [-0.39, 0.29) is 11.9 Å². The first kappa shape index (κ1) is 15.1. The maximum absolute atomic E-state index is 12.4. The van der Waals surface area contributed by atoms with Crippen molar-refractivity contribution in [2.24, 2.45) is 0 Å². The monoisotopic (exact) mass is 310 g/mol. The molecule has 23 heavy (non-hydrogen) atoms. The van der Waals surface area contributed by atoms with Gasteiger partial charge in [-0.1, -0.05) is 42.5 Å². The number of hydrogen-bond acceptors (Lipinski definition) is 3. The van der Waals surface area contributed by atoms with Crippen molar-refractivity contribution in [1.82, 2.24) is 10.2 Å². The topological polar surface area (TPSA) is 58.6 Å². The van der Waals surface area contributed by atoms with Crippen LogP contribution in [0.3, 0.4) is 0 Å². The maximum atomic E-state index is 12.4. The molecule has 2 amide bonds. The first-order chi connectivity index (χ1) is 11.1. The van der Waals surface area contributed by atoms with Gasteiger partial charge in [-0.25, -0.2) is 4.79 Å². The number of rotatable bonds is 2. The molecular formula is C18H18N2O3. The van der Waals surface area contributed by atoms with Crippen LogP contribution >= 0.6 is 0 Å². The summed E-state index contributed by atoms with van der Waals surface area (Å²) in [5.74, 6) is 0.385. The Kier molecular flexibility index (Phi) is 4.28. The zero-order valence-electron chi connectivity index (χ0n) is 12.9. The molecule has 1 heterocycles. The van der Waals surface area contributed by atoms with Crippen LogP contribution in [0, 0.1) is 0 Å². The van der Waals surface area contributed by atoms with Crippen LogP contribution in [0.5, 0.6) is 5.75 Å². The molecule has 0 aliphatic carbocycles. The molecule has 1 atom stereocenters. The normalized spacial score (nSPS) is 16.4. The van der Waals surface area contributed by atoms with E-state index in [4.69, 9.17) is 4.74 Å². The predicted octanol–water partition coefficient (Wildman–Crippen LogP) is 2.88. The Bertz CT molecular complexity index is 715. The summed E-state index contributed by atoms with van der Waals surface area (Å²) < 4.78 is 5.40. The number of carbonyl (C=O) groups is 2. The van der Waals surface area contributed by atoms with Gasteiger partial charge in [0.15, 0.2) is 0 Å². The number of ether oxygens (including phenoxy) is 1. The number of fused-ring (bicyclic) bond motifs is 1. The molecule has 5 nitrogen and oxygen atoms in total. The minimum absolute atomic E-state index is 0.122.